The Morgan fingerprint density at radius 1 is 0.960 bits per heavy atom. The molecule has 1 atom stereocenters. The summed E-state index contributed by atoms with van der Waals surface area (Å²) >= 11 is 1.97. The number of hydrogen-bond acceptors (Lipinski definition) is 4. The van der Waals surface area contributed by atoms with Crippen molar-refractivity contribution in [3.63, 3.8) is 0 Å². The number of rotatable bonds is 10. The summed E-state index contributed by atoms with van der Waals surface area (Å²) in [7, 11) is 0. The molecule has 1 aliphatic rings. The smallest absolute Gasteiger partial charge is 0.0291 e. The van der Waals surface area contributed by atoms with Gasteiger partial charge in [0.1, 0.15) is 0 Å². The highest BCUT2D eigenvalue weighted by molar-refractivity contribution is 7.99. The molecule has 3 nitrogen and oxygen atoms in total. The Bertz CT molecular complexity index is 455. The summed E-state index contributed by atoms with van der Waals surface area (Å²) < 4.78 is 0. The second kappa shape index (κ2) is 11.2. The molecule has 1 aromatic carbocycles. The third-order valence-corrected chi connectivity index (χ3v) is 5.90. The zero-order chi connectivity index (χ0) is 18.1. The SMILES string of the molecule is CC(C)CCN1CCN(C[C@H](CSc2ccccc2)NC(C)C)CC1. The molecule has 1 saturated heterocycles. The van der Waals surface area contributed by atoms with E-state index in [0.717, 1.165) is 18.2 Å². The summed E-state index contributed by atoms with van der Waals surface area (Å²) in [6.45, 7) is 16.5. The Kier molecular flexibility index (Phi) is 9.32. The molecule has 0 radical (unpaired) electrons. The third kappa shape index (κ3) is 8.59. The number of hydrogen-bond donors (Lipinski definition) is 1. The maximum Gasteiger partial charge on any atom is 0.0291 e. The molecule has 0 saturated carbocycles. The van der Waals surface area contributed by atoms with Gasteiger partial charge in [0.05, 0.1) is 0 Å². The highest BCUT2D eigenvalue weighted by Gasteiger charge is 2.20. The predicted octanol–water partition coefficient (Wildman–Crippen LogP) is 3.81. The number of benzene rings is 1. The van der Waals surface area contributed by atoms with Gasteiger partial charge in [0.2, 0.25) is 0 Å². The van der Waals surface area contributed by atoms with Gasteiger partial charge >= 0.3 is 0 Å². The molecule has 25 heavy (non-hydrogen) atoms. The molecule has 0 aliphatic carbocycles. The van der Waals surface area contributed by atoms with Gasteiger partial charge in [-0.2, -0.15) is 0 Å². The van der Waals surface area contributed by atoms with Crippen molar-refractivity contribution in [1.82, 2.24) is 15.1 Å². The van der Waals surface area contributed by atoms with E-state index in [-0.39, 0.29) is 0 Å². The van der Waals surface area contributed by atoms with E-state index in [4.69, 9.17) is 0 Å². The van der Waals surface area contributed by atoms with Crippen molar-refractivity contribution in [2.45, 2.75) is 51.1 Å². The lowest BCUT2D eigenvalue weighted by atomic mass is 10.1. The van der Waals surface area contributed by atoms with Crippen LogP contribution in [0.4, 0.5) is 0 Å². The van der Waals surface area contributed by atoms with E-state index in [1.807, 2.05) is 11.8 Å². The lowest BCUT2D eigenvalue weighted by Gasteiger charge is -2.37. The lowest BCUT2D eigenvalue weighted by molar-refractivity contribution is 0.120. The fourth-order valence-corrected chi connectivity index (χ4v) is 4.23. The van der Waals surface area contributed by atoms with Crippen LogP contribution in [0.5, 0.6) is 0 Å². The van der Waals surface area contributed by atoms with Gasteiger partial charge in [-0.3, -0.25) is 4.90 Å². The van der Waals surface area contributed by atoms with Crippen molar-refractivity contribution in [2.24, 2.45) is 5.92 Å². The summed E-state index contributed by atoms with van der Waals surface area (Å²) in [5.74, 6) is 1.95. The molecule has 4 heteroatoms. The van der Waals surface area contributed by atoms with Crippen molar-refractivity contribution in [3.8, 4) is 0 Å². The second-order valence-electron chi connectivity index (χ2n) is 7.97. The van der Waals surface area contributed by atoms with Gasteiger partial charge in [-0.15, -0.1) is 11.8 Å². The number of thioether (sulfide) groups is 1. The maximum absolute atomic E-state index is 3.77. The van der Waals surface area contributed by atoms with Crippen LogP contribution in [-0.4, -0.2) is 66.9 Å². The summed E-state index contributed by atoms with van der Waals surface area (Å²) in [5.41, 5.74) is 0. The Balaban J connectivity index is 1.75. The Morgan fingerprint density at radius 2 is 1.60 bits per heavy atom. The average Bonchev–Trinajstić information content (AvgIpc) is 2.59. The van der Waals surface area contributed by atoms with E-state index in [9.17, 15) is 0 Å². The van der Waals surface area contributed by atoms with Crippen LogP contribution in [0.1, 0.15) is 34.1 Å². The maximum atomic E-state index is 3.77. The highest BCUT2D eigenvalue weighted by Crippen LogP contribution is 2.19. The molecule has 2 rings (SSSR count). The van der Waals surface area contributed by atoms with Crippen LogP contribution in [0, 0.1) is 5.92 Å². The fourth-order valence-electron chi connectivity index (χ4n) is 3.29. The van der Waals surface area contributed by atoms with Crippen molar-refractivity contribution >= 4 is 11.8 Å². The van der Waals surface area contributed by atoms with E-state index >= 15 is 0 Å². The molecule has 1 aromatic rings. The van der Waals surface area contributed by atoms with Crippen LogP contribution in [0.2, 0.25) is 0 Å². The molecule has 0 spiro atoms. The van der Waals surface area contributed by atoms with Gasteiger partial charge in [0.25, 0.3) is 0 Å². The summed E-state index contributed by atoms with van der Waals surface area (Å²) in [5, 5.41) is 3.77. The lowest BCUT2D eigenvalue weighted by Crippen LogP contribution is -2.52. The van der Waals surface area contributed by atoms with Crippen LogP contribution >= 0.6 is 11.8 Å². The molecule has 0 amide bonds. The molecule has 1 heterocycles. The quantitative estimate of drug-likeness (QED) is 0.637. The summed E-state index contributed by atoms with van der Waals surface area (Å²) in [6.07, 6.45) is 1.32. The van der Waals surface area contributed by atoms with E-state index in [1.54, 1.807) is 0 Å². The van der Waals surface area contributed by atoms with Crippen molar-refractivity contribution in [1.29, 1.82) is 0 Å². The second-order valence-corrected chi connectivity index (χ2v) is 9.06. The standard InChI is InChI=1S/C21H37N3S/c1-18(2)10-11-23-12-14-24(15-13-23)16-20(22-19(3)4)17-25-21-8-6-5-7-9-21/h5-9,18-20,22H,10-17H2,1-4H3/t20-/m1/s1. The zero-order valence-electron chi connectivity index (χ0n) is 16.6. The molecule has 1 aliphatic heterocycles. The minimum absolute atomic E-state index is 0.536. The minimum Gasteiger partial charge on any atom is -0.310 e. The van der Waals surface area contributed by atoms with Gasteiger partial charge in [-0.25, -0.2) is 0 Å². The van der Waals surface area contributed by atoms with Crippen LogP contribution in [-0.2, 0) is 0 Å². The van der Waals surface area contributed by atoms with E-state index in [1.165, 1.54) is 44.0 Å². The Labute approximate surface area is 159 Å². The molecular weight excluding hydrogens is 326 g/mol. The minimum atomic E-state index is 0.536. The largest absolute Gasteiger partial charge is 0.310 e. The van der Waals surface area contributed by atoms with E-state index in [0.29, 0.717) is 12.1 Å². The van der Waals surface area contributed by atoms with Crippen LogP contribution in [0.25, 0.3) is 0 Å². The normalized spacial score (nSPS) is 18.2. The molecule has 0 bridgehead atoms. The monoisotopic (exact) mass is 363 g/mol. The predicted molar refractivity (Wildman–Crippen MR) is 112 cm³/mol. The number of nitrogens with one attached hydrogen (secondary N) is 1. The summed E-state index contributed by atoms with van der Waals surface area (Å²) in [4.78, 5) is 6.66. The number of nitrogens with zero attached hydrogens (tertiary/aromatic N) is 2. The first-order valence-electron chi connectivity index (χ1n) is 9.91. The van der Waals surface area contributed by atoms with Crippen LogP contribution in [0.15, 0.2) is 35.2 Å². The van der Waals surface area contributed by atoms with Gasteiger partial charge in [0, 0.05) is 55.5 Å². The topological polar surface area (TPSA) is 18.5 Å². The fraction of sp³-hybridized carbons (Fsp3) is 0.714. The molecule has 142 valence electrons. The van der Waals surface area contributed by atoms with Crippen molar-refractivity contribution in [2.75, 3.05) is 45.0 Å². The zero-order valence-corrected chi connectivity index (χ0v) is 17.4. The number of piperazine rings is 1. The Morgan fingerprint density at radius 3 is 2.20 bits per heavy atom. The molecule has 0 aromatic heterocycles. The first-order chi connectivity index (χ1) is 12.0. The molecule has 1 N–H and O–H groups in total. The first-order valence-corrected chi connectivity index (χ1v) is 10.9. The van der Waals surface area contributed by atoms with Gasteiger partial charge in [-0.05, 0) is 31.0 Å². The van der Waals surface area contributed by atoms with Crippen molar-refractivity contribution in [3.05, 3.63) is 30.3 Å². The van der Waals surface area contributed by atoms with Gasteiger partial charge in [0.15, 0.2) is 0 Å². The molecule has 0 unspecified atom stereocenters. The third-order valence-electron chi connectivity index (χ3n) is 4.73. The van der Waals surface area contributed by atoms with Crippen LogP contribution < -0.4 is 5.32 Å². The average molecular weight is 364 g/mol. The first kappa shape index (κ1) is 20.8. The van der Waals surface area contributed by atoms with E-state index < -0.39 is 0 Å². The molecular formula is C21H37N3S. The van der Waals surface area contributed by atoms with Gasteiger partial charge in [-0.1, -0.05) is 45.9 Å². The van der Waals surface area contributed by atoms with Crippen LogP contribution in [0.3, 0.4) is 0 Å². The van der Waals surface area contributed by atoms with Gasteiger partial charge < -0.3 is 10.2 Å². The highest BCUT2D eigenvalue weighted by atomic mass is 32.2. The van der Waals surface area contributed by atoms with Crippen molar-refractivity contribution < 1.29 is 0 Å². The Hall–Kier alpha value is -0.550. The summed E-state index contributed by atoms with van der Waals surface area (Å²) in [6, 6.07) is 11.9. The van der Waals surface area contributed by atoms with E-state index in [2.05, 4.69) is 73.1 Å². The molecule has 1 fully saturated rings.